The van der Waals surface area contributed by atoms with E-state index in [1.54, 1.807) is 5.06 Å². The van der Waals surface area contributed by atoms with E-state index in [9.17, 15) is 5.21 Å². The summed E-state index contributed by atoms with van der Waals surface area (Å²) in [6.07, 6.45) is 14.4. The largest absolute Gasteiger partial charge is 0.148 e. The van der Waals surface area contributed by atoms with Crippen molar-refractivity contribution in [1.29, 1.82) is 0 Å². The van der Waals surface area contributed by atoms with Gasteiger partial charge in [-0.3, -0.25) is 0 Å². The number of piperidine rings is 1. The van der Waals surface area contributed by atoms with E-state index in [1.807, 2.05) is 0 Å². The summed E-state index contributed by atoms with van der Waals surface area (Å²) in [5.74, 6) is 1.47. The third-order valence-corrected chi connectivity index (χ3v) is 5.54. The van der Waals surface area contributed by atoms with Crippen molar-refractivity contribution in [3.05, 3.63) is 0 Å². The Morgan fingerprint density at radius 3 is 1.41 bits per heavy atom. The smallest absolute Gasteiger partial charge is 0.0415 e. The zero-order valence-corrected chi connectivity index (χ0v) is 10.9. The molecule has 1 radical (unpaired) electrons. The van der Waals surface area contributed by atoms with E-state index in [4.69, 9.17) is 0 Å². The van der Waals surface area contributed by atoms with Gasteiger partial charge in [0.2, 0.25) is 0 Å². The van der Waals surface area contributed by atoms with Crippen LogP contribution in [-0.2, 0) is 5.21 Å². The molecule has 2 atom stereocenters. The zero-order chi connectivity index (χ0) is 11.7. The predicted octanol–water partition coefficient (Wildman–Crippen LogP) is 3.94. The standard InChI is InChI=1S/C15H26NO/c17-16-14(12-6-1-2-7-12)10-5-11-15(16)13-8-3-4-9-13/h12-15H,1-11H2. The molecular formula is C15H26NO. The minimum absolute atomic E-state index is 0.386. The summed E-state index contributed by atoms with van der Waals surface area (Å²) in [5.41, 5.74) is 0. The molecule has 0 spiro atoms. The van der Waals surface area contributed by atoms with E-state index in [1.165, 1.54) is 70.6 Å². The lowest BCUT2D eigenvalue weighted by atomic mass is 9.83. The highest BCUT2D eigenvalue weighted by molar-refractivity contribution is 4.90. The van der Waals surface area contributed by atoms with Crippen LogP contribution in [0.5, 0.6) is 0 Å². The second-order valence-corrected chi connectivity index (χ2v) is 6.51. The van der Waals surface area contributed by atoms with Crippen molar-refractivity contribution in [2.24, 2.45) is 11.8 Å². The van der Waals surface area contributed by atoms with Crippen LogP contribution in [0.1, 0.15) is 70.6 Å². The summed E-state index contributed by atoms with van der Waals surface area (Å²) in [6, 6.07) is 0.772. The third-order valence-electron chi connectivity index (χ3n) is 5.54. The van der Waals surface area contributed by atoms with Crippen LogP contribution in [0.2, 0.25) is 0 Å². The van der Waals surface area contributed by atoms with Crippen LogP contribution in [0.25, 0.3) is 0 Å². The van der Waals surface area contributed by atoms with Crippen LogP contribution >= 0.6 is 0 Å². The Morgan fingerprint density at radius 1 is 0.588 bits per heavy atom. The highest BCUT2D eigenvalue weighted by atomic mass is 16.5. The van der Waals surface area contributed by atoms with Gasteiger partial charge in [-0.15, -0.1) is 10.3 Å². The molecule has 0 bridgehead atoms. The van der Waals surface area contributed by atoms with Crippen LogP contribution in [0.4, 0.5) is 0 Å². The normalized spacial score (nSPS) is 37.9. The van der Waals surface area contributed by atoms with Crippen molar-refractivity contribution in [2.45, 2.75) is 82.7 Å². The maximum Gasteiger partial charge on any atom is 0.0415 e. The van der Waals surface area contributed by atoms with E-state index in [0.717, 1.165) is 11.8 Å². The number of hydrogen-bond donors (Lipinski definition) is 0. The first-order valence-electron chi connectivity index (χ1n) is 7.82. The second-order valence-electron chi connectivity index (χ2n) is 6.51. The fraction of sp³-hybridized carbons (Fsp3) is 1.00. The first-order valence-corrected chi connectivity index (χ1v) is 7.82. The topological polar surface area (TPSA) is 23.1 Å². The summed E-state index contributed by atoms with van der Waals surface area (Å²) in [6.45, 7) is 0. The van der Waals surface area contributed by atoms with Crippen molar-refractivity contribution < 1.29 is 5.21 Å². The van der Waals surface area contributed by atoms with Crippen molar-refractivity contribution in [3.8, 4) is 0 Å². The van der Waals surface area contributed by atoms with Gasteiger partial charge >= 0.3 is 0 Å². The molecule has 2 aliphatic carbocycles. The predicted molar refractivity (Wildman–Crippen MR) is 67.9 cm³/mol. The van der Waals surface area contributed by atoms with Crippen LogP contribution in [-0.4, -0.2) is 17.1 Å². The Bertz CT molecular complexity index is 219. The lowest BCUT2D eigenvalue weighted by Crippen LogP contribution is -2.49. The maximum atomic E-state index is 12.6. The minimum atomic E-state index is 0.386. The molecule has 1 saturated heterocycles. The summed E-state index contributed by atoms with van der Waals surface area (Å²) >= 11 is 0. The number of nitrogens with zero attached hydrogens (tertiary/aromatic N) is 1. The molecule has 0 aromatic carbocycles. The van der Waals surface area contributed by atoms with Crippen molar-refractivity contribution >= 4 is 0 Å². The van der Waals surface area contributed by atoms with Gasteiger partial charge in [-0.05, 0) is 50.4 Å². The van der Waals surface area contributed by atoms with Gasteiger partial charge in [-0.25, -0.2) is 0 Å². The summed E-state index contributed by atoms with van der Waals surface area (Å²) < 4.78 is 0. The van der Waals surface area contributed by atoms with Crippen LogP contribution < -0.4 is 0 Å². The highest BCUT2D eigenvalue weighted by Gasteiger charge is 2.40. The molecule has 0 N–H and O–H groups in total. The molecule has 1 heterocycles. The number of rotatable bonds is 2. The van der Waals surface area contributed by atoms with E-state index in [-0.39, 0.29) is 0 Å². The van der Waals surface area contributed by atoms with Gasteiger partial charge in [-0.2, -0.15) is 0 Å². The van der Waals surface area contributed by atoms with Crippen LogP contribution in [0.3, 0.4) is 0 Å². The summed E-state index contributed by atoms with van der Waals surface area (Å²) in [7, 11) is 0. The quantitative estimate of drug-likeness (QED) is 0.712. The minimum Gasteiger partial charge on any atom is -0.148 e. The van der Waals surface area contributed by atoms with Gasteiger partial charge in [0.15, 0.2) is 0 Å². The SMILES string of the molecule is [O]N1C(C2CCCC2)CCCC1C1CCCC1. The van der Waals surface area contributed by atoms with Gasteiger partial charge < -0.3 is 0 Å². The van der Waals surface area contributed by atoms with Gasteiger partial charge in [-0.1, -0.05) is 32.1 Å². The number of hydrogen-bond acceptors (Lipinski definition) is 1. The van der Waals surface area contributed by atoms with E-state index in [0.29, 0.717) is 12.1 Å². The Balaban J connectivity index is 1.65. The molecule has 2 unspecified atom stereocenters. The first kappa shape index (κ1) is 12.0. The van der Waals surface area contributed by atoms with E-state index < -0.39 is 0 Å². The average molecular weight is 236 g/mol. The fourth-order valence-corrected chi connectivity index (χ4v) is 4.61. The molecule has 2 saturated carbocycles. The monoisotopic (exact) mass is 236 g/mol. The molecule has 2 heteroatoms. The van der Waals surface area contributed by atoms with Crippen molar-refractivity contribution in [1.82, 2.24) is 5.06 Å². The molecule has 3 fully saturated rings. The molecule has 1 aliphatic heterocycles. The molecule has 3 rings (SSSR count). The summed E-state index contributed by atoms with van der Waals surface area (Å²) in [4.78, 5) is 0. The Kier molecular flexibility index (Phi) is 3.72. The van der Waals surface area contributed by atoms with E-state index in [2.05, 4.69) is 0 Å². The molecule has 3 aliphatic rings. The lowest BCUT2D eigenvalue weighted by Gasteiger charge is -2.41. The maximum absolute atomic E-state index is 12.6. The van der Waals surface area contributed by atoms with E-state index >= 15 is 0 Å². The van der Waals surface area contributed by atoms with Crippen LogP contribution in [0.15, 0.2) is 0 Å². The molecule has 0 aromatic rings. The van der Waals surface area contributed by atoms with Gasteiger partial charge in [0.25, 0.3) is 0 Å². The zero-order valence-electron chi connectivity index (χ0n) is 10.9. The van der Waals surface area contributed by atoms with Crippen LogP contribution in [0, 0.1) is 11.8 Å². The Labute approximate surface area is 105 Å². The first-order chi connectivity index (χ1) is 8.36. The molecule has 2 nitrogen and oxygen atoms in total. The molecule has 17 heavy (non-hydrogen) atoms. The Morgan fingerprint density at radius 2 is 1.00 bits per heavy atom. The number of hydroxylamine groups is 2. The fourth-order valence-electron chi connectivity index (χ4n) is 4.61. The van der Waals surface area contributed by atoms with Gasteiger partial charge in [0.05, 0.1) is 0 Å². The Hall–Kier alpha value is -0.0800. The third kappa shape index (κ3) is 2.39. The lowest BCUT2D eigenvalue weighted by molar-refractivity contribution is -0.250. The second kappa shape index (κ2) is 5.27. The highest BCUT2D eigenvalue weighted by Crippen LogP contribution is 2.40. The van der Waals surface area contributed by atoms with Crippen molar-refractivity contribution in [3.63, 3.8) is 0 Å². The van der Waals surface area contributed by atoms with Crippen molar-refractivity contribution in [2.75, 3.05) is 0 Å². The average Bonchev–Trinajstić information content (AvgIpc) is 3.02. The molecule has 97 valence electrons. The molecule has 0 aromatic heterocycles. The van der Waals surface area contributed by atoms with Gasteiger partial charge in [0.1, 0.15) is 0 Å². The molecule has 0 amide bonds. The molecular weight excluding hydrogens is 210 g/mol. The van der Waals surface area contributed by atoms with Gasteiger partial charge in [0, 0.05) is 12.1 Å². The summed E-state index contributed by atoms with van der Waals surface area (Å²) in [5, 5.41) is 14.2.